The van der Waals surface area contributed by atoms with E-state index >= 15 is 0 Å². The number of hydrogen-bond donors (Lipinski definition) is 7. The van der Waals surface area contributed by atoms with Gasteiger partial charge < -0.3 is 64.2 Å². The zero-order chi connectivity index (χ0) is 48.0. The zero-order valence-electron chi connectivity index (χ0n) is 40.9. The fourth-order valence-corrected chi connectivity index (χ4v) is 8.18. The lowest BCUT2D eigenvalue weighted by Gasteiger charge is -2.42. The van der Waals surface area contributed by atoms with Crippen LogP contribution >= 0.6 is 0 Å². The van der Waals surface area contributed by atoms with Crippen LogP contribution in [0.3, 0.4) is 0 Å². The highest BCUT2D eigenvalue weighted by Crippen LogP contribution is 2.26. The van der Waals surface area contributed by atoms with Gasteiger partial charge >= 0.3 is 5.97 Å². The fourth-order valence-electron chi connectivity index (χ4n) is 8.18. The molecule has 2 fully saturated rings. The lowest BCUT2D eigenvalue weighted by atomic mass is 9.98. The summed E-state index contributed by atoms with van der Waals surface area (Å²) in [6.45, 7) is 3.58. The summed E-state index contributed by atoms with van der Waals surface area (Å²) in [6.07, 6.45) is 27.7. The van der Waals surface area contributed by atoms with Gasteiger partial charge in [-0.1, -0.05) is 172 Å². The smallest absolute Gasteiger partial charge is 0.306 e. The Bertz CT molecular complexity index is 1230. The molecule has 0 aromatic heterocycles. The highest BCUT2D eigenvalue weighted by molar-refractivity contribution is 5.69. The molecule has 14 nitrogen and oxygen atoms in total. The highest BCUT2D eigenvalue weighted by Gasteiger charge is 2.47. The SMILES string of the molecule is CC/C=C\C/C=C\C/C=C\CCCCCCCCCC(=O)OC(COCCCCCCCCCCCCCCCCC)COC1OC(COC2OC(CO)C(O)C(O)C2O)C(O)C(O)C1O. The van der Waals surface area contributed by atoms with Crippen molar-refractivity contribution in [1.82, 2.24) is 0 Å². The van der Waals surface area contributed by atoms with Crippen molar-refractivity contribution in [3.05, 3.63) is 36.5 Å². The van der Waals surface area contributed by atoms with Crippen molar-refractivity contribution in [2.75, 3.05) is 33.0 Å². The first kappa shape index (κ1) is 60.3. The van der Waals surface area contributed by atoms with Crippen molar-refractivity contribution >= 4 is 5.97 Å². The number of allylic oxidation sites excluding steroid dienone is 6. The predicted molar refractivity (Wildman–Crippen MR) is 256 cm³/mol. The fraction of sp³-hybridized carbons (Fsp3) is 0.865. The molecule has 11 unspecified atom stereocenters. The molecule has 0 saturated carbocycles. The van der Waals surface area contributed by atoms with E-state index in [-0.39, 0.29) is 25.6 Å². The van der Waals surface area contributed by atoms with Gasteiger partial charge in [0, 0.05) is 13.0 Å². The molecule has 0 radical (unpaired) electrons. The molecule has 2 heterocycles. The molecule has 7 N–H and O–H groups in total. The largest absolute Gasteiger partial charge is 0.457 e. The van der Waals surface area contributed by atoms with E-state index in [0.29, 0.717) is 13.0 Å². The standard InChI is InChI=1S/C52H94O14/c1-3-5-7-9-11-13-15-17-19-20-21-23-25-27-29-31-33-35-44(54)64-41(38-61-36-34-32-30-28-26-24-22-18-16-14-12-10-8-6-4-2)39-62-51-50(60)48(58)46(56)43(66-51)40-63-52-49(59)47(57)45(55)42(37-53)65-52/h5,7,11,13,17,19,41-43,45-53,55-60H,3-4,6,8-10,12,14-16,18,20-40H2,1-2H3/b7-5-,13-11-,19-17-. The molecule has 2 rings (SSSR count). The molecule has 0 aromatic carbocycles. The Morgan fingerprint density at radius 2 is 0.985 bits per heavy atom. The molecule has 0 aliphatic carbocycles. The molecule has 386 valence electrons. The van der Waals surface area contributed by atoms with Gasteiger partial charge in [-0.05, 0) is 44.9 Å². The van der Waals surface area contributed by atoms with Crippen molar-refractivity contribution in [3.8, 4) is 0 Å². The third-order valence-corrected chi connectivity index (χ3v) is 12.4. The van der Waals surface area contributed by atoms with Gasteiger partial charge in [0.25, 0.3) is 0 Å². The summed E-state index contributed by atoms with van der Waals surface area (Å²) in [4.78, 5) is 13.0. The van der Waals surface area contributed by atoms with Crippen LogP contribution in [0.2, 0.25) is 0 Å². The number of hydrogen-bond acceptors (Lipinski definition) is 14. The maximum Gasteiger partial charge on any atom is 0.306 e. The zero-order valence-corrected chi connectivity index (χ0v) is 40.9. The topological polar surface area (TPSA) is 214 Å². The highest BCUT2D eigenvalue weighted by atomic mass is 16.7. The van der Waals surface area contributed by atoms with Crippen LogP contribution in [0.5, 0.6) is 0 Å². The van der Waals surface area contributed by atoms with Crippen molar-refractivity contribution < 1.29 is 69.0 Å². The average molecular weight is 943 g/mol. The van der Waals surface area contributed by atoms with Gasteiger partial charge in [0.2, 0.25) is 0 Å². The number of unbranched alkanes of at least 4 members (excludes halogenated alkanes) is 21. The van der Waals surface area contributed by atoms with Crippen molar-refractivity contribution in [3.63, 3.8) is 0 Å². The molecule has 0 aromatic rings. The molecule has 2 aliphatic heterocycles. The molecule has 2 aliphatic rings. The van der Waals surface area contributed by atoms with Crippen LogP contribution in [-0.4, -0.2) is 142 Å². The molecule has 0 bridgehead atoms. The maximum atomic E-state index is 13.0. The molecule has 11 atom stereocenters. The predicted octanol–water partition coefficient (Wildman–Crippen LogP) is 7.80. The average Bonchev–Trinajstić information content (AvgIpc) is 3.31. The summed E-state index contributed by atoms with van der Waals surface area (Å²) in [5, 5.41) is 72.1. The number of rotatable bonds is 41. The first-order valence-electron chi connectivity index (χ1n) is 26.1. The molecular formula is C52H94O14. The minimum Gasteiger partial charge on any atom is -0.457 e. The number of esters is 1. The number of aliphatic hydroxyl groups excluding tert-OH is 7. The van der Waals surface area contributed by atoms with Crippen molar-refractivity contribution in [2.24, 2.45) is 0 Å². The lowest BCUT2D eigenvalue weighted by Crippen LogP contribution is -2.61. The third-order valence-electron chi connectivity index (χ3n) is 12.4. The summed E-state index contributed by atoms with van der Waals surface area (Å²) in [5.41, 5.74) is 0. The first-order valence-corrected chi connectivity index (χ1v) is 26.1. The van der Waals surface area contributed by atoms with E-state index in [1.54, 1.807) is 0 Å². The van der Waals surface area contributed by atoms with Gasteiger partial charge in [-0.15, -0.1) is 0 Å². The van der Waals surface area contributed by atoms with Crippen LogP contribution in [0.4, 0.5) is 0 Å². The van der Waals surface area contributed by atoms with Crippen LogP contribution in [0.1, 0.15) is 187 Å². The minimum atomic E-state index is -1.71. The van der Waals surface area contributed by atoms with E-state index in [1.807, 2.05) is 0 Å². The second-order valence-corrected chi connectivity index (χ2v) is 18.3. The van der Waals surface area contributed by atoms with Gasteiger partial charge in [-0.2, -0.15) is 0 Å². The van der Waals surface area contributed by atoms with E-state index in [1.165, 1.54) is 96.3 Å². The normalized spacial score (nSPS) is 26.6. The maximum absolute atomic E-state index is 13.0. The summed E-state index contributed by atoms with van der Waals surface area (Å²) < 4.78 is 34.3. The van der Waals surface area contributed by atoms with Gasteiger partial charge in [-0.25, -0.2) is 0 Å². The number of aliphatic hydroxyl groups is 7. The summed E-state index contributed by atoms with van der Waals surface area (Å²) in [6, 6.07) is 0. The van der Waals surface area contributed by atoms with E-state index in [0.717, 1.165) is 64.2 Å². The molecular weight excluding hydrogens is 849 g/mol. The van der Waals surface area contributed by atoms with Crippen molar-refractivity contribution in [1.29, 1.82) is 0 Å². The quantitative estimate of drug-likeness (QED) is 0.0177. The Morgan fingerprint density at radius 3 is 1.55 bits per heavy atom. The summed E-state index contributed by atoms with van der Waals surface area (Å²) in [5.74, 6) is -0.385. The molecule has 66 heavy (non-hydrogen) atoms. The molecule has 0 amide bonds. The van der Waals surface area contributed by atoms with Crippen LogP contribution in [0, 0.1) is 0 Å². The number of ether oxygens (including phenoxy) is 6. The minimum absolute atomic E-state index is 0.0600. The Hall–Kier alpha value is -1.79. The van der Waals surface area contributed by atoms with E-state index in [2.05, 4.69) is 50.3 Å². The Balaban J connectivity index is 1.77. The second-order valence-electron chi connectivity index (χ2n) is 18.3. The molecule has 2 saturated heterocycles. The molecule has 0 spiro atoms. The number of carbonyl (C=O) groups is 1. The van der Waals surface area contributed by atoms with Crippen LogP contribution in [0.25, 0.3) is 0 Å². The van der Waals surface area contributed by atoms with Crippen LogP contribution in [-0.2, 0) is 33.2 Å². The Kier molecular flexibility index (Phi) is 36.6. The summed E-state index contributed by atoms with van der Waals surface area (Å²) in [7, 11) is 0. The second kappa shape index (κ2) is 40.0. The van der Waals surface area contributed by atoms with Gasteiger partial charge in [-0.3, -0.25) is 4.79 Å². The van der Waals surface area contributed by atoms with Gasteiger partial charge in [0.1, 0.15) is 54.9 Å². The summed E-state index contributed by atoms with van der Waals surface area (Å²) >= 11 is 0. The third kappa shape index (κ3) is 27.4. The van der Waals surface area contributed by atoms with Gasteiger partial charge in [0.05, 0.1) is 26.4 Å². The number of carbonyl (C=O) groups excluding carboxylic acids is 1. The van der Waals surface area contributed by atoms with Crippen LogP contribution < -0.4 is 0 Å². The monoisotopic (exact) mass is 943 g/mol. The van der Waals surface area contributed by atoms with Gasteiger partial charge in [0.15, 0.2) is 12.6 Å². The van der Waals surface area contributed by atoms with E-state index < -0.39 is 80.7 Å². The van der Waals surface area contributed by atoms with E-state index in [4.69, 9.17) is 28.4 Å². The first-order chi connectivity index (χ1) is 32.1. The lowest BCUT2D eigenvalue weighted by molar-refractivity contribution is -0.332. The Morgan fingerprint density at radius 1 is 0.515 bits per heavy atom. The molecule has 14 heteroatoms. The van der Waals surface area contributed by atoms with Crippen LogP contribution in [0.15, 0.2) is 36.5 Å². The Labute approximate surface area is 398 Å². The van der Waals surface area contributed by atoms with E-state index in [9.17, 15) is 40.5 Å². The van der Waals surface area contributed by atoms with Crippen molar-refractivity contribution in [2.45, 2.75) is 255 Å².